The Morgan fingerprint density at radius 2 is 1.76 bits per heavy atom. The Bertz CT molecular complexity index is 690. The fourth-order valence-electron chi connectivity index (χ4n) is 1.93. The van der Waals surface area contributed by atoms with E-state index in [1.807, 2.05) is 45.9 Å². The number of nitrogens with zero attached hydrogens (tertiary/aromatic N) is 3. The summed E-state index contributed by atoms with van der Waals surface area (Å²) in [7, 11) is 0. The lowest BCUT2D eigenvalue weighted by atomic mass is 10.1. The highest BCUT2D eigenvalue weighted by molar-refractivity contribution is 7.99. The molecule has 3 N–H and O–H groups in total. The largest absolute Gasteiger partial charge is 0.409 e. The second-order valence-corrected chi connectivity index (χ2v) is 5.91. The first-order valence-corrected chi connectivity index (χ1v) is 7.32. The summed E-state index contributed by atoms with van der Waals surface area (Å²) in [6.45, 7) is 7.92. The molecule has 0 saturated carbocycles. The van der Waals surface area contributed by atoms with Crippen molar-refractivity contribution in [3.8, 4) is 0 Å². The molecular formula is C15H18N4OS. The van der Waals surface area contributed by atoms with Crippen molar-refractivity contribution in [2.75, 3.05) is 0 Å². The second-order valence-electron chi connectivity index (χ2n) is 4.87. The van der Waals surface area contributed by atoms with E-state index < -0.39 is 0 Å². The van der Waals surface area contributed by atoms with Gasteiger partial charge in [0.15, 0.2) is 11.0 Å². The van der Waals surface area contributed by atoms with Crippen molar-refractivity contribution in [2.45, 2.75) is 37.7 Å². The summed E-state index contributed by atoms with van der Waals surface area (Å²) in [4.78, 5) is 10.0. The van der Waals surface area contributed by atoms with Gasteiger partial charge in [-0.25, -0.2) is 9.97 Å². The number of hydrogen-bond acceptors (Lipinski definition) is 5. The molecule has 0 amide bonds. The molecule has 0 saturated heterocycles. The van der Waals surface area contributed by atoms with Gasteiger partial charge < -0.3 is 10.9 Å². The van der Waals surface area contributed by atoms with Crippen molar-refractivity contribution < 1.29 is 5.21 Å². The van der Waals surface area contributed by atoms with E-state index in [9.17, 15) is 0 Å². The molecule has 2 rings (SSSR count). The fraction of sp³-hybridized carbons (Fsp3) is 0.267. The molecule has 6 heteroatoms. The predicted octanol–water partition coefficient (Wildman–Crippen LogP) is 2.96. The topological polar surface area (TPSA) is 84.4 Å². The van der Waals surface area contributed by atoms with Crippen LogP contribution in [0.5, 0.6) is 0 Å². The highest BCUT2D eigenvalue weighted by Crippen LogP contribution is 2.27. The maximum atomic E-state index is 8.74. The molecule has 0 fully saturated rings. The van der Waals surface area contributed by atoms with Gasteiger partial charge in [-0.2, -0.15) is 0 Å². The van der Waals surface area contributed by atoms with Crippen molar-refractivity contribution in [1.29, 1.82) is 0 Å². The molecule has 0 bridgehead atoms. The van der Waals surface area contributed by atoms with E-state index in [0.29, 0.717) is 0 Å². The standard InChI is InChI=1S/C15H18N4OS/c1-8-7-12(5-6-13(8)14(16)19-20)21-15-17-10(3)9(2)11(4)18-15/h5-7,20H,1-4H3,(H2,16,19). The number of aryl methyl sites for hydroxylation is 3. The van der Waals surface area contributed by atoms with Crippen LogP contribution < -0.4 is 5.73 Å². The van der Waals surface area contributed by atoms with E-state index in [2.05, 4.69) is 15.1 Å². The van der Waals surface area contributed by atoms with Crippen LogP contribution in [0.15, 0.2) is 33.4 Å². The SMILES string of the molecule is Cc1cc(Sc2nc(C)c(C)c(C)n2)ccc1/C(N)=N/O. The summed E-state index contributed by atoms with van der Waals surface area (Å²) in [5.41, 5.74) is 10.4. The molecule has 0 aliphatic heterocycles. The Labute approximate surface area is 128 Å². The highest BCUT2D eigenvalue weighted by atomic mass is 32.2. The smallest absolute Gasteiger partial charge is 0.192 e. The number of amidine groups is 1. The van der Waals surface area contributed by atoms with Crippen LogP contribution in [0.1, 0.15) is 28.1 Å². The molecule has 110 valence electrons. The first-order chi connectivity index (χ1) is 9.92. The molecule has 0 atom stereocenters. The Morgan fingerprint density at radius 1 is 1.14 bits per heavy atom. The van der Waals surface area contributed by atoms with Gasteiger partial charge in [0.05, 0.1) is 0 Å². The molecule has 1 aromatic carbocycles. The number of oxime groups is 1. The zero-order valence-electron chi connectivity index (χ0n) is 12.5. The minimum Gasteiger partial charge on any atom is -0.409 e. The van der Waals surface area contributed by atoms with Gasteiger partial charge in [0.2, 0.25) is 0 Å². The third-order valence-electron chi connectivity index (χ3n) is 3.40. The van der Waals surface area contributed by atoms with E-state index in [1.54, 1.807) is 0 Å². The summed E-state index contributed by atoms with van der Waals surface area (Å²) < 4.78 is 0. The third-order valence-corrected chi connectivity index (χ3v) is 4.26. The first-order valence-electron chi connectivity index (χ1n) is 6.50. The minimum atomic E-state index is 0.113. The van der Waals surface area contributed by atoms with Crippen molar-refractivity contribution in [2.24, 2.45) is 10.9 Å². The van der Waals surface area contributed by atoms with E-state index in [-0.39, 0.29) is 5.84 Å². The number of aromatic nitrogens is 2. The summed E-state index contributed by atoms with van der Waals surface area (Å²) in [5, 5.41) is 12.5. The fourth-order valence-corrected chi connectivity index (χ4v) is 2.88. The van der Waals surface area contributed by atoms with Crippen molar-refractivity contribution >= 4 is 17.6 Å². The summed E-state index contributed by atoms with van der Waals surface area (Å²) >= 11 is 1.50. The Kier molecular flexibility index (Phi) is 4.47. The number of benzene rings is 1. The molecule has 0 radical (unpaired) electrons. The van der Waals surface area contributed by atoms with Gasteiger partial charge in [0.1, 0.15) is 0 Å². The van der Waals surface area contributed by atoms with Crippen LogP contribution in [0.2, 0.25) is 0 Å². The summed E-state index contributed by atoms with van der Waals surface area (Å²) in [6, 6.07) is 5.73. The monoisotopic (exact) mass is 302 g/mol. The average molecular weight is 302 g/mol. The summed E-state index contributed by atoms with van der Waals surface area (Å²) in [5.74, 6) is 0.113. The van der Waals surface area contributed by atoms with Crippen LogP contribution in [0, 0.1) is 27.7 Å². The van der Waals surface area contributed by atoms with Gasteiger partial charge in [-0.3, -0.25) is 0 Å². The van der Waals surface area contributed by atoms with Crippen LogP contribution in [0.25, 0.3) is 0 Å². The number of hydrogen-bond donors (Lipinski definition) is 2. The lowest BCUT2D eigenvalue weighted by molar-refractivity contribution is 0.318. The zero-order valence-corrected chi connectivity index (χ0v) is 13.3. The maximum Gasteiger partial charge on any atom is 0.192 e. The zero-order chi connectivity index (χ0) is 15.6. The quantitative estimate of drug-likeness (QED) is 0.299. The van der Waals surface area contributed by atoms with Gasteiger partial charge in [-0.1, -0.05) is 5.16 Å². The first kappa shape index (κ1) is 15.3. The lowest BCUT2D eigenvalue weighted by Gasteiger charge is -2.09. The maximum absolute atomic E-state index is 8.74. The molecule has 0 spiro atoms. The van der Waals surface area contributed by atoms with Crippen LogP contribution >= 0.6 is 11.8 Å². The normalized spacial score (nSPS) is 11.7. The van der Waals surface area contributed by atoms with E-state index >= 15 is 0 Å². The molecule has 0 aliphatic rings. The molecule has 2 aromatic rings. The van der Waals surface area contributed by atoms with E-state index in [1.165, 1.54) is 11.8 Å². The molecule has 21 heavy (non-hydrogen) atoms. The third kappa shape index (κ3) is 3.33. The van der Waals surface area contributed by atoms with Crippen LogP contribution in [0.3, 0.4) is 0 Å². The molecular weight excluding hydrogens is 284 g/mol. The van der Waals surface area contributed by atoms with Crippen molar-refractivity contribution in [3.63, 3.8) is 0 Å². The molecule has 0 unspecified atom stereocenters. The Hall–Kier alpha value is -2.08. The van der Waals surface area contributed by atoms with Crippen LogP contribution in [-0.4, -0.2) is 21.0 Å². The Morgan fingerprint density at radius 3 is 2.29 bits per heavy atom. The van der Waals surface area contributed by atoms with Gasteiger partial charge >= 0.3 is 0 Å². The van der Waals surface area contributed by atoms with Crippen LogP contribution in [-0.2, 0) is 0 Å². The van der Waals surface area contributed by atoms with E-state index in [0.717, 1.165) is 38.1 Å². The predicted molar refractivity (Wildman–Crippen MR) is 84.1 cm³/mol. The number of nitrogens with two attached hydrogens (primary N) is 1. The summed E-state index contributed by atoms with van der Waals surface area (Å²) in [6.07, 6.45) is 0. The van der Waals surface area contributed by atoms with Gasteiger partial charge in [0, 0.05) is 21.8 Å². The van der Waals surface area contributed by atoms with Gasteiger partial charge in [-0.15, -0.1) is 0 Å². The highest BCUT2D eigenvalue weighted by Gasteiger charge is 2.09. The molecule has 1 aromatic heterocycles. The lowest BCUT2D eigenvalue weighted by Crippen LogP contribution is -2.14. The molecule has 5 nitrogen and oxygen atoms in total. The molecule has 1 heterocycles. The van der Waals surface area contributed by atoms with E-state index in [4.69, 9.17) is 10.9 Å². The molecule has 0 aliphatic carbocycles. The Balaban J connectivity index is 2.31. The van der Waals surface area contributed by atoms with Crippen molar-refractivity contribution in [1.82, 2.24) is 9.97 Å². The van der Waals surface area contributed by atoms with Crippen LogP contribution in [0.4, 0.5) is 0 Å². The minimum absolute atomic E-state index is 0.113. The van der Waals surface area contributed by atoms with Gasteiger partial charge in [-0.05, 0) is 68.8 Å². The number of rotatable bonds is 3. The average Bonchev–Trinajstić information content (AvgIpc) is 2.44. The van der Waals surface area contributed by atoms with Crippen molar-refractivity contribution in [3.05, 3.63) is 46.3 Å². The second kappa shape index (κ2) is 6.13. The van der Waals surface area contributed by atoms with Gasteiger partial charge in [0.25, 0.3) is 0 Å².